The van der Waals surface area contributed by atoms with E-state index in [0.29, 0.717) is 19.5 Å². The smallest absolute Gasteiger partial charge is 0.237 e. The number of nitrogens with one attached hydrogen (secondary N) is 2. The van der Waals surface area contributed by atoms with Crippen LogP contribution in [0.2, 0.25) is 0 Å². The van der Waals surface area contributed by atoms with Crippen molar-refractivity contribution < 1.29 is 9.90 Å². The van der Waals surface area contributed by atoms with Crippen LogP contribution >= 0.6 is 23.7 Å². The zero-order valence-corrected chi connectivity index (χ0v) is 14.4. The second-order valence-electron chi connectivity index (χ2n) is 5.46. The van der Waals surface area contributed by atoms with Crippen molar-refractivity contribution in [2.24, 2.45) is 0 Å². The predicted molar refractivity (Wildman–Crippen MR) is 93.8 cm³/mol. The third-order valence-corrected chi connectivity index (χ3v) is 4.97. The number of aromatic nitrogens is 1. The number of nitrogens with zero attached hydrogens (tertiary/aromatic N) is 1. The Morgan fingerprint density at radius 2 is 2.17 bits per heavy atom. The number of benzene rings is 1. The topological polar surface area (TPSA) is 74.2 Å². The van der Waals surface area contributed by atoms with E-state index in [2.05, 4.69) is 15.6 Å². The van der Waals surface area contributed by atoms with Crippen LogP contribution in [-0.2, 0) is 11.3 Å². The summed E-state index contributed by atoms with van der Waals surface area (Å²) in [5, 5.41) is 16.4. The molecular weight excluding hydrogens is 334 g/mol. The van der Waals surface area contributed by atoms with Gasteiger partial charge in [-0.1, -0.05) is 30.3 Å². The second kappa shape index (κ2) is 7.88. The van der Waals surface area contributed by atoms with E-state index >= 15 is 0 Å². The number of aliphatic hydroxyl groups is 1. The van der Waals surface area contributed by atoms with E-state index in [9.17, 15) is 9.90 Å². The Morgan fingerprint density at radius 3 is 2.83 bits per heavy atom. The molecule has 7 heteroatoms. The quantitative estimate of drug-likeness (QED) is 0.784. The molecule has 0 bridgehead atoms. The molecule has 3 N–H and O–H groups in total. The number of aryl methyl sites for hydroxylation is 1. The van der Waals surface area contributed by atoms with E-state index in [-0.39, 0.29) is 24.4 Å². The SMILES string of the molecule is Cc1nc(-c2ccccc2)sc1CNC(=O)C1CC(O)CN1.Cl. The number of amides is 1. The summed E-state index contributed by atoms with van der Waals surface area (Å²) in [7, 11) is 0. The molecule has 2 atom stereocenters. The van der Waals surface area contributed by atoms with Gasteiger partial charge in [-0.25, -0.2) is 4.98 Å². The van der Waals surface area contributed by atoms with Gasteiger partial charge in [0.1, 0.15) is 5.01 Å². The van der Waals surface area contributed by atoms with Crippen molar-refractivity contribution in [3.05, 3.63) is 40.9 Å². The van der Waals surface area contributed by atoms with E-state index < -0.39 is 6.10 Å². The largest absolute Gasteiger partial charge is 0.392 e. The highest BCUT2D eigenvalue weighted by molar-refractivity contribution is 7.15. The fraction of sp³-hybridized carbons (Fsp3) is 0.375. The van der Waals surface area contributed by atoms with E-state index in [4.69, 9.17) is 0 Å². The average Bonchev–Trinajstić information content (AvgIpc) is 3.12. The molecule has 124 valence electrons. The predicted octanol–water partition coefficient (Wildman–Crippen LogP) is 1.88. The molecule has 0 radical (unpaired) electrons. The van der Waals surface area contributed by atoms with Crippen molar-refractivity contribution in [3.63, 3.8) is 0 Å². The van der Waals surface area contributed by atoms with Gasteiger partial charge in [-0.2, -0.15) is 0 Å². The fourth-order valence-corrected chi connectivity index (χ4v) is 3.51. The molecule has 5 nitrogen and oxygen atoms in total. The van der Waals surface area contributed by atoms with Gasteiger partial charge in [0.05, 0.1) is 24.4 Å². The third-order valence-electron chi connectivity index (χ3n) is 3.76. The van der Waals surface area contributed by atoms with Crippen LogP contribution in [0.5, 0.6) is 0 Å². The summed E-state index contributed by atoms with van der Waals surface area (Å²) in [5.74, 6) is -0.0642. The van der Waals surface area contributed by atoms with E-state index in [1.807, 2.05) is 37.3 Å². The Labute approximate surface area is 145 Å². The van der Waals surface area contributed by atoms with Crippen molar-refractivity contribution in [2.75, 3.05) is 6.54 Å². The van der Waals surface area contributed by atoms with Gasteiger partial charge in [0, 0.05) is 17.0 Å². The van der Waals surface area contributed by atoms with Gasteiger partial charge < -0.3 is 15.7 Å². The van der Waals surface area contributed by atoms with Gasteiger partial charge in [0.2, 0.25) is 5.91 Å². The Hall–Kier alpha value is -1.47. The Kier molecular flexibility index (Phi) is 6.12. The molecule has 2 unspecified atom stereocenters. The van der Waals surface area contributed by atoms with E-state index in [0.717, 1.165) is 21.1 Å². The first kappa shape index (κ1) is 17.9. The number of halogens is 1. The molecule has 0 spiro atoms. The number of hydrogen-bond donors (Lipinski definition) is 3. The van der Waals surface area contributed by atoms with Gasteiger partial charge >= 0.3 is 0 Å². The summed E-state index contributed by atoms with van der Waals surface area (Å²) in [6, 6.07) is 9.73. The molecule has 3 rings (SSSR count). The molecular formula is C16H20ClN3O2S. The molecule has 1 aromatic heterocycles. The first-order chi connectivity index (χ1) is 10.6. The molecule has 1 aliphatic rings. The highest BCUT2D eigenvalue weighted by atomic mass is 35.5. The summed E-state index contributed by atoms with van der Waals surface area (Å²) in [6.45, 7) is 2.92. The van der Waals surface area contributed by atoms with Gasteiger partial charge in [0.15, 0.2) is 0 Å². The lowest BCUT2D eigenvalue weighted by molar-refractivity contribution is -0.123. The van der Waals surface area contributed by atoms with Gasteiger partial charge in [0.25, 0.3) is 0 Å². The number of hydrogen-bond acceptors (Lipinski definition) is 5. The Morgan fingerprint density at radius 1 is 1.43 bits per heavy atom. The number of thiazole rings is 1. The fourth-order valence-electron chi connectivity index (χ4n) is 2.50. The molecule has 0 aliphatic carbocycles. The van der Waals surface area contributed by atoms with Crippen molar-refractivity contribution in [1.82, 2.24) is 15.6 Å². The standard InChI is InChI=1S/C16H19N3O2S.ClH/c1-10-14(9-18-15(21)13-7-12(20)8-17-13)22-16(19-10)11-5-3-2-4-6-11;/h2-6,12-13,17,20H,7-9H2,1H3,(H,18,21);1H. The summed E-state index contributed by atoms with van der Waals surface area (Å²) >= 11 is 1.60. The van der Waals surface area contributed by atoms with E-state index in [1.54, 1.807) is 11.3 Å². The lowest BCUT2D eigenvalue weighted by Crippen LogP contribution is -2.39. The van der Waals surface area contributed by atoms with Crippen LogP contribution in [-0.4, -0.2) is 34.7 Å². The number of rotatable bonds is 4. The number of carbonyl (C=O) groups excluding carboxylic acids is 1. The Balaban J connectivity index is 0.00000192. The third kappa shape index (κ3) is 4.29. The maximum atomic E-state index is 12.1. The van der Waals surface area contributed by atoms with Crippen molar-refractivity contribution in [2.45, 2.75) is 32.0 Å². The average molecular weight is 354 g/mol. The molecule has 1 aliphatic heterocycles. The molecule has 1 aromatic carbocycles. The van der Waals surface area contributed by atoms with Crippen LogP contribution in [0.25, 0.3) is 10.6 Å². The molecule has 0 saturated carbocycles. The van der Waals surface area contributed by atoms with Gasteiger partial charge in [-0.3, -0.25) is 4.79 Å². The van der Waals surface area contributed by atoms with Crippen LogP contribution in [0.3, 0.4) is 0 Å². The van der Waals surface area contributed by atoms with Crippen LogP contribution < -0.4 is 10.6 Å². The van der Waals surface area contributed by atoms with Crippen LogP contribution in [0, 0.1) is 6.92 Å². The minimum absolute atomic E-state index is 0. The Bertz CT molecular complexity index is 663. The molecule has 1 amide bonds. The minimum atomic E-state index is -0.425. The first-order valence-electron chi connectivity index (χ1n) is 7.34. The van der Waals surface area contributed by atoms with Crippen molar-refractivity contribution in [3.8, 4) is 10.6 Å². The van der Waals surface area contributed by atoms with Crippen LogP contribution in [0.4, 0.5) is 0 Å². The second-order valence-corrected chi connectivity index (χ2v) is 6.55. The van der Waals surface area contributed by atoms with Gasteiger partial charge in [-0.05, 0) is 13.3 Å². The summed E-state index contributed by atoms with van der Waals surface area (Å²) in [4.78, 5) is 17.7. The van der Waals surface area contributed by atoms with Gasteiger partial charge in [-0.15, -0.1) is 23.7 Å². The van der Waals surface area contributed by atoms with Crippen LogP contribution in [0.1, 0.15) is 17.0 Å². The van der Waals surface area contributed by atoms with E-state index in [1.165, 1.54) is 0 Å². The van der Waals surface area contributed by atoms with Crippen molar-refractivity contribution >= 4 is 29.7 Å². The number of aliphatic hydroxyl groups excluding tert-OH is 1. The molecule has 2 heterocycles. The zero-order chi connectivity index (χ0) is 15.5. The zero-order valence-electron chi connectivity index (χ0n) is 12.8. The first-order valence-corrected chi connectivity index (χ1v) is 8.16. The highest BCUT2D eigenvalue weighted by Gasteiger charge is 2.27. The molecule has 1 fully saturated rings. The molecule has 23 heavy (non-hydrogen) atoms. The minimum Gasteiger partial charge on any atom is -0.392 e. The normalized spacial score (nSPS) is 20.1. The monoisotopic (exact) mass is 353 g/mol. The summed E-state index contributed by atoms with van der Waals surface area (Å²) in [5.41, 5.74) is 2.04. The van der Waals surface area contributed by atoms with Crippen LogP contribution in [0.15, 0.2) is 30.3 Å². The number of β-amino-alcohol motifs (C(OH)–C–C–N with tert-alkyl or cyclic N) is 1. The molecule has 1 saturated heterocycles. The lowest BCUT2D eigenvalue weighted by Gasteiger charge is -2.10. The summed E-state index contributed by atoms with van der Waals surface area (Å²) < 4.78 is 0. The highest BCUT2D eigenvalue weighted by Crippen LogP contribution is 2.27. The summed E-state index contributed by atoms with van der Waals surface area (Å²) in [6.07, 6.45) is 0.0496. The maximum absolute atomic E-state index is 12.1. The lowest BCUT2D eigenvalue weighted by atomic mass is 10.2. The molecule has 2 aromatic rings. The number of carbonyl (C=O) groups is 1. The maximum Gasteiger partial charge on any atom is 0.237 e. The van der Waals surface area contributed by atoms with Crippen molar-refractivity contribution in [1.29, 1.82) is 0 Å².